The summed E-state index contributed by atoms with van der Waals surface area (Å²) in [5, 5.41) is 10.7. The summed E-state index contributed by atoms with van der Waals surface area (Å²) in [5.74, 6) is -0.00968. The van der Waals surface area contributed by atoms with E-state index in [4.69, 9.17) is 4.42 Å². The monoisotopic (exact) mass is 387 g/mol. The van der Waals surface area contributed by atoms with Crippen molar-refractivity contribution in [1.82, 2.24) is 9.80 Å². The average Bonchev–Trinajstić information content (AvgIpc) is 3.14. The number of hydrogen-bond donors (Lipinski definition) is 1. The van der Waals surface area contributed by atoms with Crippen molar-refractivity contribution in [3.8, 4) is 0 Å². The molecule has 1 amide bonds. The third-order valence-corrected chi connectivity index (χ3v) is 5.87. The minimum absolute atomic E-state index is 0.0181. The lowest BCUT2D eigenvalue weighted by atomic mass is 9.98. The van der Waals surface area contributed by atoms with Crippen molar-refractivity contribution in [2.45, 2.75) is 25.5 Å². The number of halogens is 1. The highest BCUT2D eigenvalue weighted by molar-refractivity contribution is 5.92. The zero-order valence-corrected chi connectivity index (χ0v) is 16.1. The van der Waals surface area contributed by atoms with Gasteiger partial charge in [-0.05, 0) is 31.5 Å². The second kappa shape index (κ2) is 7.93. The van der Waals surface area contributed by atoms with Gasteiger partial charge in [-0.3, -0.25) is 9.69 Å². The molecule has 6 nitrogen and oxygen atoms in total. The molecular weight excluding hydrogens is 361 g/mol. The maximum absolute atomic E-state index is 14.0. The molecule has 0 spiro atoms. The van der Waals surface area contributed by atoms with Crippen molar-refractivity contribution in [3.63, 3.8) is 0 Å². The number of para-hydroxylation sites is 1. The summed E-state index contributed by atoms with van der Waals surface area (Å²) in [5.41, 5.74) is 1.45. The highest BCUT2D eigenvalue weighted by Gasteiger charge is 2.36. The van der Waals surface area contributed by atoms with Crippen molar-refractivity contribution >= 4 is 11.6 Å². The molecule has 0 bridgehead atoms. The van der Waals surface area contributed by atoms with Crippen LogP contribution in [0.25, 0.3) is 0 Å². The van der Waals surface area contributed by atoms with E-state index in [9.17, 15) is 14.3 Å². The minimum atomic E-state index is -0.604. The first-order valence-corrected chi connectivity index (χ1v) is 9.79. The Morgan fingerprint density at radius 2 is 1.89 bits per heavy atom. The number of rotatable bonds is 3. The average molecular weight is 387 g/mol. The van der Waals surface area contributed by atoms with Gasteiger partial charge in [-0.2, -0.15) is 0 Å². The SMILES string of the molecule is Cc1ccoc1C(=O)N1CC[C@@H](N2CCN(c3ccccc3F)CC2)[C@H](O)C1. The first-order chi connectivity index (χ1) is 13.5. The molecule has 0 radical (unpaired) electrons. The molecule has 1 aromatic carbocycles. The molecule has 0 saturated carbocycles. The van der Waals surface area contributed by atoms with Gasteiger partial charge in [0.2, 0.25) is 0 Å². The molecule has 7 heteroatoms. The Morgan fingerprint density at radius 1 is 1.14 bits per heavy atom. The molecular formula is C21H26FN3O3. The number of piperidine rings is 1. The molecule has 150 valence electrons. The summed E-state index contributed by atoms with van der Waals surface area (Å²) in [6, 6.07) is 8.63. The lowest BCUT2D eigenvalue weighted by Gasteiger charge is -2.45. The van der Waals surface area contributed by atoms with Crippen LogP contribution in [-0.2, 0) is 0 Å². The Hall–Kier alpha value is -2.38. The van der Waals surface area contributed by atoms with Crippen molar-refractivity contribution in [2.75, 3.05) is 44.2 Å². The highest BCUT2D eigenvalue weighted by atomic mass is 19.1. The molecule has 2 atom stereocenters. The number of piperazine rings is 1. The van der Waals surface area contributed by atoms with Gasteiger partial charge in [-0.1, -0.05) is 12.1 Å². The summed E-state index contributed by atoms with van der Waals surface area (Å²) in [4.78, 5) is 18.6. The number of likely N-dealkylation sites (tertiary alicyclic amines) is 1. The van der Waals surface area contributed by atoms with E-state index in [-0.39, 0.29) is 17.8 Å². The fraction of sp³-hybridized carbons (Fsp3) is 0.476. The maximum atomic E-state index is 14.0. The predicted molar refractivity (Wildman–Crippen MR) is 104 cm³/mol. The number of aliphatic hydroxyl groups excluding tert-OH is 1. The first kappa shape index (κ1) is 19.0. The number of carbonyl (C=O) groups excluding carboxylic acids is 1. The lowest BCUT2D eigenvalue weighted by Crippen LogP contribution is -2.59. The maximum Gasteiger partial charge on any atom is 0.289 e. The smallest absolute Gasteiger partial charge is 0.289 e. The van der Waals surface area contributed by atoms with Crippen LogP contribution in [0.1, 0.15) is 22.5 Å². The van der Waals surface area contributed by atoms with Crippen LogP contribution in [0.4, 0.5) is 10.1 Å². The number of furan rings is 1. The molecule has 0 unspecified atom stereocenters. The summed E-state index contributed by atoms with van der Waals surface area (Å²) < 4.78 is 19.3. The molecule has 28 heavy (non-hydrogen) atoms. The Bertz CT molecular complexity index is 832. The number of β-amino-alcohol motifs (C(OH)–C–C–N with tert-alkyl or cyclic N) is 1. The second-order valence-electron chi connectivity index (χ2n) is 7.58. The van der Waals surface area contributed by atoms with Gasteiger partial charge in [0.15, 0.2) is 5.76 Å². The van der Waals surface area contributed by atoms with Gasteiger partial charge in [0, 0.05) is 50.9 Å². The number of anilines is 1. The van der Waals surface area contributed by atoms with Crippen molar-refractivity contribution in [3.05, 3.63) is 53.7 Å². The van der Waals surface area contributed by atoms with E-state index in [1.165, 1.54) is 12.3 Å². The van der Waals surface area contributed by atoms with Gasteiger partial charge < -0.3 is 19.3 Å². The Morgan fingerprint density at radius 3 is 2.54 bits per heavy atom. The van der Waals surface area contributed by atoms with Gasteiger partial charge in [0.25, 0.3) is 5.91 Å². The Labute approximate surface area is 164 Å². The van der Waals surface area contributed by atoms with Crippen LogP contribution in [0.15, 0.2) is 41.0 Å². The zero-order chi connectivity index (χ0) is 19.7. The van der Waals surface area contributed by atoms with Crippen LogP contribution < -0.4 is 4.90 Å². The number of aryl methyl sites for hydroxylation is 1. The molecule has 1 N–H and O–H groups in total. The van der Waals surface area contributed by atoms with Crippen LogP contribution in [0, 0.1) is 12.7 Å². The van der Waals surface area contributed by atoms with Crippen LogP contribution in [0.2, 0.25) is 0 Å². The fourth-order valence-electron chi connectivity index (χ4n) is 4.27. The lowest BCUT2D eigenvalue weighted by molar-refractivity contribution is -0.0116. The van der Waals surface area contributed by atoms with E-state index in [0.717, 1.165) is 31.7 Å². The molecule has 0 aliphatic carbocycles. The Kier molecular flexibility index (Phi) is 5.37. The van der Waals surface area contributed by atoms with E-state index >= 15 is 0 Å². The standard InChI is InChI=1S/C21H26FN3O3/c1-15-7-13-28-20(15)21(27)25-8-6-18(19(26)14-25)24-11-9-23(10-12-24)17-5-3-2-4-16(17)22/h2-5,7,13,18-19,26H,6,8-12,14H2,1H3/t18-,19-/m1/s1. The molecule has 2 aliphatic heterocycles. The summed E-state index contributed by atoms with van der Waals surface area (Å²) in [6.45, 7) is 5.71. The quantitative estimate of drug-likeness (QED) is 0.874. The van der Waals surface area contributed by atoms with Crippen LogP contribution in [0.5, 0.6) is 0 Å². The number of hydrogen-bond acceptors (Lipinski definition) is 5. The minimum Gasteiger partial charge on any atom is -0.459 e. The van der Waals surface area contributed by atoms with Gasteiger partial charge in [-0.25, -0.2) is 4.39 Å². The van der Waals surface area contributed by atoms with Crippen molar-refractivity contribution in [1.29, 1.82) is 0 Å². The molecule has 2 aromatic rings. The number of amides is 1. The molecule has 2 aliphatic rings. The first-order valence-electron chi connectivity index (χ1n) is 9.79. The van der Waals surface area contributed by atoms with E-state index in [0.29, 0.717) is 31.0 Å². The van der Waals surface area contributed by atoms with Gasteiger partial charge in [0.05, 0.1) is 18.1 Å². The third-order valence-electron chi connectivity index (χ3n) is 5.87. The largest absolute Gasteiger partial charge is 0.459 e. The topological polar surface area (TPSA) is 60.2 Å². The molecule has 2 fully saturated rings. The number of benzene rings is 1. The third kappa shape index (κ3) is 3.64. The molecule has 3 heterocycles. The van der Waals surface area contributed by atoms with Gasteiger partial charge >= 0.3 is 0 Å². The fourth-order valence-corrected chi connectivity index (χ4v) is 4.27. The molecule has 4 rings (SSSR count). The van der Waals surface area contributed by atoms with Crippen LogP contribution >= 0.6 is 0 Å². The van der Waals surface area contributed by atoms with Crippen LogP contribution in [-0.4, -0.2) is 72.2 Å². The zero-order valence-electron chi connectivity index (χ0n) is 16.1. The predicted octanol–water partition coefficient (Wildman–Crippen LogP) is 2.12. The Balaban J connectivity index is 1.34. The van der Waals surface area contributed by atoms with E-state index < -0.39 is 6.10 Å². The number of aliphatic hydroxyl groups is 1. The van der Waals surface area contributed by atoms with E-state index in [1.807, 2.05) is 13.0 Å². The number of carbonyl (C=O) groups is 1. The number of nitrogens with zero attached hydrogens (tertiary/aromatic N) is 3. The summed E-state index contributed by atoms with van der Waals surface area (Å²) in [6.07, 6.45) is 1.63. The van der Waals surface area contributed by atoms with E-state index in [1.54, 1.807) is 23.1 Å². The molecule has 1 aromatic heterocycles. The van der Waals surface area contributed by atoms with Gasteiger partial charge in [0.1, 0.15) is 5.82 Å². The van der Waals surface area contributed by atoms with Crippen LogP contribution in [0.3, 0.4) is 0 Å². The van der Waals surface area contributed by atoms with Gasteiger partial charge in [-0.15, -0.1) is 0 Å². The molecule has 2 saturated heterocycles. The highest BCUT2D eigenvalue weighted by Crippen LogP contribution is 2.24. The summed E-state index contributed by atoms with van der Waals surface area (Å²) in [7, 11) is 0. The van der Waals surface area contributed by atoms with Crippen molar-refractivity contribution < 1.29 is 18.7 Å². The van der Waals surface area contributed by atoms with E-state index in [2.05, 4.69) is 9.80 Å². The second-order valence-corrected chi connectivity index (χ2v) is 7.58. The summed E-state index contributed by atoms with van der Waals surface area (Å²) >= 11 is 0. The normalized spacial score (nSPS) is 23.8. The van der Waals surface area contributed by atoms with Crippen molar-refractivity contribution in [2.24, 2.45) is 0 Å².